The van der Waals surface area contributed by atoms with Crippen molar-refractivity contribution >= 4 is 26.4 Å². The van der Waals surface area contributed by atoms with Crippen LogP contribution in [0.2, 0.25) is 0 Å². The number of hydrogen-bond donors (Lipinski definition) is 2. The number of rotatable bonds is 1. The topological polar surface area (TPSA) is 55.5 Å². The van der Waals surface area contributed by atoms with Gasteiger partial charge >= 0.3 is 0 Å². The molecule has 1 aromatic carbocycles. The summed E-state index contributed by atoms with van der Waals surface area (Å²) in [5, 5.41) is 11.1. The highest BCUT2D eigenvalue weighted by atomic mass is 32.1. The molecule has 0 aliphatic heterocycles. The molecule has 1 heterocycles. The molecule has 2 aromatic rings. The van der Waals surface area contributed by atoms with Gasteiger partial charge in [0, 0.05) is 10.1 Å². The minimum Gasteiger partial charge on any atom is -0.504 e. The first-order valence-corrected chi connectivity index (χ1v) is 4.59. The van der Waals surface area contributed by atoms with E-state index in [1.807, 2.05) is 6.07 Å². The lowest BCUT2D eigenvalue weighted by Crippen LogP contribution is -1.82. The van der Waals surface area contributed by atoms with Gasteiger partial charge in [0.05, 0.1) is 12.1 Å². The quantitative estimate of drug-likeness (QED) is 0.733. The van der Waals surface area contributed by atoms with Crippen LogP contribution in [-0.4, -0.2) is 12.2 Å². The van der Waals surface area contributed by atoms with Crippen molar-refractivity contribution in [2.24, 2.45) is 0 Å². The Morgan fingerprint density at radius 1 is 1.46 bits per heavy atom. The molecular formula is C9H9NO2S. The van der Waals surface area contributed by atoms with Crippen LogP contribution in [0.3, 0.4) is 0 Å². The van der Waals surface area contributed by atoms with Gasteiger partial charge in [-0.2, -0.15) is 0 Å². The summed E-state index contributed by atoms with van der Waals surface area (Å²) in [7, 11) is 1.52. The van der Waals surface area contributed by atoms with Crippen molar-refractivity contribution < 1.29 is 9.84 Å². The molecule has 0 saturated heterocycles. The number of thiophene rings is 1. The number of phenolic OH excluding ortho intramolecular Hbond substituents is 1. The summed E-state index contributed by atoms with van der Waals surface area (Å²) < 4.78 is 5.94. The van der Waals surface area contributed by atoms with Gasteiger partial charge in [-0.1, -0.05) is 0 Å². The van der Waals surface area contributed by atoms with Crippen molar-refractivity contribution in [1.82, 2.24) is 0 Å². The first-order chi connectivity index (χ1) is 6.22. The fourth-order valence-electron chi connectivity index (χ4n) is 1.26. The van der Waals surface area contributed by atoms with Crippen molar-refractivity contribution in [3.63, 3.8) is 0 Å². The van der Waals surface area contributed by atoms with Crippen LogP contribution in [0.5, 0.6) is 11.5 Å². The van der Waals surface area contributed by atoms with Crippen LogP contribution in [0.4, 0.5) is 5.00 Å². The Morgan fingerprint density at radius 3 is 2.92 bits per heavy atom. The first kappa shape index (κ1) is 8.19. The number of methoxy groups -OCH3 is 1. The standard InChI is InChI=1S/C9H9NO2S/c1-12-6-2-3-7-5(9(6)11)4-8(10)13-7/h2-4,11H,10H2,1H3. The van der Waals surface area contributed by atoms with Crippen LogP contribution in [-0.2, 0) is 0 Å². The van der Waals surface area contributed by atoms with Crippen LogP contribution in [0.25, 0.3) is 10.1 Å². The SMILES string of the molecule is COc1ccc2sc(N)cc2c1O. The summed E-state index contributed by atoms with van der Waals surface area (Å²) in [4.78, 5) is 0. The summed E-state index contributed by atoms with van der Waals surface area (Å²) >= 11 is 1.45. The van der Waals surface area contributed by atoms with Crippen LogP contribution in [0, 0.1) is 0 Å². The number of fused-ring (bicyclic) bond motifs is 1. The molecule has 0 amide bonds. The number of ether oxygens (including phenoxy) is 1. The van der Waals surface area contributed by atoms with E-state index in [1.165, 1.54) is 18.4 Å². The van der Waals surface area contributed by atoms with Gasteiger partial charge in [0.2, 0.25) is 0 Å². The molecule has 1 aromatic heterocycles. The second-order valence-electron chi connectivity index (χ2n) is 2.68. The number of anilines is 1. The van der Waals surface area contributed by atoms with Gasteiger partial charge in [-0.25, -0.2) is 0 Å². The first-order valence-electron chi connectivity index (χ1n) is 3.77. The molecule has 0 aliphatic carbocycles. The predicted octanol–water partition coefficient (Wildman–Crippen LogP) is 2.20. The summed E-state index contributed by atoms with van der Waals surface area (Å²) in [5.74, 6) is 0.637. The molecule has 0 bridgehead atoms. The molecule has 2 rings (SSSR count). The Bertz CT molecular complexity index is 450. The molecule has 3 nitrogen and oxygen atoms in total. The monoisotopic (exact) mass is 195 g/mol. The number of aromatic hydroxyl groups is 1. The number of nitrogens with two attached hydrogens (primary N) is 1. The normalized spacial score (nSPS) is 10.5. The molecule has 0 saturated carbocycles. The molecule has 0 spiro atoms. The molecule has 68 valence electrons. The third-order valence-electron chi connectivity index (χ3n) is 1.87. The van der Waals surface area contributed by atoms with E-state index in [0.29, 0.717) is 10.8 Å². The minimum atomic E-state index is 0.160. The van der Waals surface area contributed by atoms with Crippen molar-refractivity contribution in [1.29, 1.82) is 0 Å². The minimum absolute atomic E-state index is 0.160. The van der Waals surface area contributed by atoms with E-state index < -0.39 is 0 Å². The van der Waals surface area contributed by atoms with E-state index in [4.69, 9.17) is 10.5 Å². The van der Waals surface area contributed by atoms with E-state index in [0.717, 1.165) is 10.1 Å². The third-order valence-corrected chi connectivity index (χ3v) is 2.80. The maximum atomic E-state index is 9.69. The second-order valence-corrected chi connectivity index (χ2v) is 3.79. The van der Waals surface area contributed by atoms with Crippen molar-refractivity contribution in [3.05, 3.63) is 18.2 Å². The summed E-state index contributed by atoms with van der Waals surface area (Å²) in [6, 6.07) is 5.36. The average Bonchev–Trinajstić information content (AvgIpc) is 2.47. The molecule has 13 heavy (non-hydrogen) atoms. The van der Waals surface area contributed by atoms with Gasteiger partial charge in [-0.3, -0.25) is 0 Å². The van der Waals surface area contributed by atoms with E-state index in [2.05, 4.69) is 0 Å². The molecule has 0 radical (unpaired) electrons. The molecule has 0 unspecified atom stereocenters. The lowest BCUT2D eigenvalue weighted by Gasteiger charge is -2.02. The smallest absolute Gasteiger partial charge is 0.166 e. The third kappa shape index (κ3) is 1.19. The molecular weight excluding hydrogens is 186 g/mol. The maximum Gasteiger partial charge on any atom is 0.166 e. The van der Waals surface area contributed by atoms with E-state index >= 15 is 0 Å². The Hall–Kier alpha value is -1.42. The van der Waals surface area contributed by atoms with Crippen molar-refractivity contribution in [2.75, 3.05) is 12.8 Å². The molecule has 0 aliphatic rings. The van der Waals surface area contributed by atoms with Crippen LogP contribution < -0.4 is 10.5 Å². The number of phenols is 1. The molecule has 0 atom stereocenters. The Kier molecular flexibility index (Phi) is 1.77. The highest BCUT2D eigenvalue weighted by Crippen LogP contribution is 2.39. The van der Waals surface area contributed by atoms with Gasteiger partial charge in [0.1, 0.15) is 0 Å². The molecule has 4 heteroatoms. The van der Waals surface area contributed by atoms with Crippen LogP contribution in [0.1, 0.15) is 0 Å². The molecule has 3 N–H and O–H groups in total. The second kappa shape index (κ2) is 2.81. The maximum absolute atomic E-state index is 9.69. The lowest BCUT2D eigenvalue weighted by atomic mass is 10.2. The van der Waals surface area contributed by atoms with Gasteiger partial charge in [-0.05, 0) is 18.2 Å². The fraction of sp³-hybridized carbons (Fsp3) is 0.111. The summed E-state index contributed by atoms with van der Waals surface area (Å²) in [6.45, 7) is 0. The van der Waals surface area contributed by atoms with Gasteiger partial charge in [0.25, 0.3) is 0 Å². The number of benzene rings is 1. The van der Waals surface area contributed by atoms with E-state index in [9.17, 15) is 5.11 Å². The Labute approximate surface area is 79.4 Å². The Balaban J connectivity index is 2.78. The fourth-order valence-corrected chi connectivity index (χ4v) is 2.09. The van der Waals surface area contributed by atoms with E-state index in [-0.39, 0.29) is 5.75 Å². The zero-order valence-electron chi connectivity index (χ0n) is 7.07. The van der Waals surface area contributed by atoms with Crippen molar-refractivity contribution in [2.45, 2.75) is 0 Å². The van der Waals surface area contributed by atoms with Crippen LogP contribution in [0.15, 0.2) is 18.2 Å². The van der Waals surface area contributed by atoms with Gasteiger partial charge in [-0.15, -0.1) is 11.3 Å². The summed E-state index contributed by atoms with van der Waals surface area (Å²) in [6.07, 6.45) is 0. The highest BCUT2D eigenvalue weighted by molar-refractivity contribution is 7.22. The zero-order valence-corrected chi connectivity index (χ0v) is 7.89. The van der Waals surface area contributed by atoms with E-state index in [1.54, 1.807) is 12.1 Å². The van der Waals surface area contributed by atoms with Gasteiger partial charge in [0.15, 0.2) is 11.5 Å². The molecule has 0 fully saturated rings. The van der Waals surface area contributed by atoms with Crippen molar-refractivity contribution in [3.8, 4) is 11.5 Å². The number of nitrogen functional groups attached to an aromatic ring is 1. The highest BCUT2D eigenvalue weighted by Gasteiger charge is 2.08. The average molecular weight is 195 g/mol. The van der Waals surface area contributed by atoms with Crippen LogP contribution >= 0.6 is 11.3 Å². The predicted molar refractivity (Wildman–Crippen MR) is 54.5 cm³/mol. The van der Waals surface area contributed by atoms with Gasteiger partial charge < -0.3 is 15.6 Å². The number of hydrogen-bond acceptors (Lipinski definition) is 4. The Morgan fingerprint density at radius 2 is 2.23 bits per heavy atom. The zero-order chi connectivity index (χ0) is 9.42. The summed E-state index contributed by atoms with van der Waals surface area (Å²) in [5.41, 5.74) is 5.62. The lowest BCUT2D eigenvalue weighted by molar-refractivity contribution is 0.376. The largest absolute Gasteiger partial charge is 0.504 e.